The highest BCUT2D eigenvalue weighted by atomic mass is 16.7. The monoisotopic (exact) mass is 428 g/mol. The molecule has 1 aromatic carbocycles. The minimum Gasteiger partial charge on any atom is -0.507 e. The lowest BCUT2D eigenvalue weighted by atomic mass is 9.73. The zero-order valence-electron chi connectivity index (χ0n) is 20.2. The minimum absolute atomic E-state index is 0.00994. The van der Waals surface area contributed by atoms with E-state index in [9.17, 15) is 9.90 Å². The number of hydrogen-bond donors (Lipinski definition) is 1. The average molecular weight is 429 g/mol. The Balaban J connectivity index is 2.39. The summed E-state index contributed by atoms with van der Waals surface area (Å²) in [5, 5.41) is 11.1. The molecule has 0 saturated carbocycles. The van der Waals surface area contributed by atoms with Crippen LogP contribution in [0.3, 0.4) is 0 Å². The Hall–Kier alpha value is -2.23. The molecule has 0 unspecified atom stereocenters. The smallest absolute Gasteiger partial charge is 0.314 e. The van der Waals surface area contributed by atoms with E-state index in [1.807, 2.05) is 39.8 Å². The molecule has 0 radical (unpaired) electrons. The number of benzene rings is 1. The Bertz CT molecular complexity index is 813. The van der Waals surface area contributed by atoms with Gasteiger partial charge in [-0.3, -0.25) is 4.79 Å². The van der Waals surface area contributed by atoms with Crippen LogP contribution in [0.4, 0.5) is 0 Å². The number of phenols is 1. The van der Waals surface area contributed by atoms with Gasteiger partial charge in [-0.1, -0.05) is 43.6 Å². The number of hydrogen-bond acceptors (Lipinski definition) is 4. The molecule has 1 aliphatic rings. The molecule has 1 aromatic rings. The van der Waals surface area contributed by atoms with Gasteiger partial charge in [0.25, 0.3) is 0 Å². The third kappa shape index (κ3) is 6.88. The first-order valence-electron chi connectivity index (χ1n) is 11.5. The molecule has 0 amide bonds. The summed E-state index contributed by atoms with van der Waals surface area (Å²) in [5.74, 6) is 0.749. The van der Waals surface area contributed by atoms with E-state index < -0.39 is 5.41 Å². The quantitative estimate of drug-likeness (QED) is 0.198. The van der Waals surface area contributed by atoms with Crippen LogP contribution in [0.5, 0.6) is 11.5 Å². The van der Waals surface area contributed by atoms with Crippen LogP contribution in [0.2, 0.25) is 0 Å². The Kier molecular flexibility index (Phi) is 8.79. The van der Waals surface area contributed by atoms with Gasteiger partial charge in [0.05, 0.1) is 5.41 Å². The second-order valence-corrected chi connectivity index (χ2v) is 9.96. The molecular formula is C27H40O4. The van der Waals surface area contributed by atoms with Crippen molar-refractivity contribution in [3.05, 3.63) is 47.1 Å². The van der Waals surface area contributed by atoms with Gasteiger partial charge in [-0.15, -0.1) is 0 Å². The summed E-state index contributed by atoms with van der Waals surface area (Å²) in [6, 6.07) is 3.87. The predicted octanol–water partition coefficient (Wildman–Crippen LogP) is 7.07. The lowest BCUT2D eigenvalue weighted by Crippen LogP contribution is -2.25. The number of aromatic hydroxyl groups is 1. The van der Waals surface area contributed by atoms with E-state index in [4.69, 9.17) is 9.47 Å². The van der Waals surface area contributed by atoms with Gasteiger partial charge in [-0.05, 0) is 83.9 Å². The third-order valence-corrected chi connectivity index (χ3v) is 5.98. The standard InChI is InChI=1S/C27H40O4/c1-8-9-10-11-20-15-23(28)25(22-14-19(4)12-13-21(22)18(2)3)24(16-20)30-17-31-26(29)27(5,6)7/h14-16,21-22,28H,2,8-13,17H2,1,3-7H3/t21-,22+/m0/s1. The molecule has 172 valence electrons. The molecule has 31 heavy (non-hydrogen) atoms. The lowest BCUT2D eigenvalue weighted by molar-refractivity contribution is -0.159. The summed E-state index contributed by atoms with van der Waals surface area (Å²) in [6.45, 7) is 15.8. The number of carbonyl (C=O) groups excluding carboxylic acids is 1. The summed E-state index contributed by atoms with van der Waals surface area (Å²) in [7, 11) is 0. The number of aryl methyl sites for hydroxylation is 1. The third-order valence-electron chi connectivity index (χ3n) is 5.98. The number of rotatable bonds is 9. The van der Waals surface area contributed by atoms with E-state index in [2.05, 4.69) is 26.5 Å². The van der Waals surface area contributed by atoms with Gasteiger partial charge in [0, 0.05) is 11.5 Å². The normalized spacial score (nSPS) is 19.0. The van der Waals surface area contributed by atoms with E-state index in [1.54, 1.807) is 0 Å². The molecular weight excluding hydrogens is 388 g/mol. The van der Waals surface area contributed by atoms with Gasteiger partial charge in [-0.2, -0.15) is 0 Å². The Morgan fingerprint density at radius 1 is 1.26 bits per heavy atom. The Morgan fingerprint density at radius 3 is 2.58 bits per heavy atom. The van der Waals surface area contributed by atoms with E-state index in [0.717, 1.165) is 55.2 Å². The lowest BCUT2D eigenvalue weighted by Gasteiger charge is -2.32. The Morgan fingerprint density at radius 2 is 1.97 bits per heavy atom. The van der Waals surface area contributed by atoms with Gasteiger partial charge in [0.15, 0.2) is 0 Å². The van der Waals surface area contributed by atoms with Crippen molar-refractivity contribution in [2.75, 3.05) is 6.79 Å². The fourth-order valence-corrected chi connectivity index (χ4v) is 4.11. The molecule has 0 bridgehead atoms. The van der Waals surface area contributed by atoms with Crippen LogP contribution in [0.15, 0.2) is 35.9 Å². The molecule has 1 N–H and O–H groups in total. The van der Waals surface area contributed by atoms with Crippen molar-refractivity contribution in [1.29, 1.82) is 0 Å². The maximum absolute atomic E-state index is 12.2. The second kappa shape index (κ2) is 10.9. The van der Waals surface area contributed by atoms with E-state index in [-0.39, 0.29) is 30.3 Å². The molecule has 1 aliphatic carbocycles. The molecule has 2 atom stereocenters. The fourth-order valence-electron chi connectivity index (χ4n) is 4.11. The van der Waals surface area contributed by atoms with E-state index in [0.29, 0.717) is 5.75 Å². The zero-order valence-corrected chi connectivity index (χ0v) is 20.2. The van der Waals surface area contributed by atoms with Crippen molar-refractivity contribution in [2.24, 2.45) is 11.3 Å². The highest BCUT2D eigenvalue weighted by Crippen LogP contribution is 2.47. The molecule has 4 nitrogen and oxygen atoms in total. The average Bonchev–Trinajstić information content (AvgIpc) is 2.67. The highest BCUT2D eigenvalue weighted by Gasteiger charge is 2.31. The van der Waals surface area contributed by atoms with E-state index >= 15 is 0 Å². The number of ether oxygens (including phenoxy) is 2. The van der Waals surface area contributed by atoms with Crippen LogP contribution < -0.4 is 4.74 Å². The number of phenolic OH excluding ortho intramolecular Hbond substituents is 1. The molecule has 2 rings (SSSR count). The molecule has 0 spiro atoms. The highest BCUT2D eigenvalue weighted by molar-refractivity contribution is 5.75. The van der Waals surface area contributed by atoms with Crippen molar-refractivity contribution < 1.29 is 19.4 Å². The summed E-state index contributed by atoms with van der Waals surface area (Å²) < 4.78 is 11.3. The first kappa shape index (κ1) is 25.0. The number of esters is 1. The van der Waals surface area contributed by atoms with Crippen molar-refractivity contribution in [2.45, 2.75) is 86.0 Å². The van der Waals surface area contributed by atoms with Gasteiger partial charge < -0.3 is 14.6 Å². The summed E-state index contributed by atoms with van der Waals surface area (Å²) in [5.41, 5.74) is 3.61. The van der Waals surface area contributed by atoms with Gasteiger partial charge in [0.1, 0.15) is 11.5 Å². The van der Waals surface area contributed by atoms with Gasteiger partial charge >= 0.3 is 5.97 Å². The Labute approximate surface area is 188 Å². The molecule has 0 aromatic heterocycles. The number of allylic oxidation sites excluding steroid dienone is 3. The van der Waals surface area contributed by atoms with Crippen LogP contribution >= 0.6 is 0 Å². The molecule has 4 heteroatoms. The van der Waals surface area contributed by atoms with Crippen LogP contribution in [0, 0.1) is 11.3 Å². The first-order valence-corrected chi connectivity index (χ1v) is 11.5. The van der Waals surface area contributed by atoms with Crippen molar-refractivity contribution >= 4 is 5.97 Å². The molecule has 0 fully saturated rings. The largest absolute Gasteiger partial charge is 0.507 e. The maximum atomic E-state index is 12.2. The summed E-state index contributed by atoms with van der Waals surface area (Å²) >= 11 is 0. The summed E-state index contributed by atoms with van der Waals surface area (Å²) in [4.78, 5) is 12.2. The fraction of sp³-hybridized carbons (Fsp3) is 0.593. The topological polar surface area (TPSA) is 55.8 Å². The van der Waals surface area contributed by atoms with Crippen LogP contribution in [0.25, 0.3) is 0 Å². The SMILES string of the molecule is C=C(C)[C@@H]1CCC(C)=C[C@H]1c1c(O)cc(CCCCC)cc1OCOC(=O)C(C)(C)C. The number of unbranched alkanes of at least 4 members (excludes halogenated alkanes) is 2. The molecule has 0 aliphatic heterocycles. The zero-order chi connectivity index (χ0) is 23.2. The molecule has 0 heterocycles. The van der Waals surface area contributed by atoms with Crippen LogP contribution in [0.1, 0.15) is 90.7 Å². The van der Waals surface area contributed by atoms with Crippen LogP contribution in [-0.4, -0.2) is 17.9 Å². The second-order valence-electron chi connectivity index (χ2n) is 9.96. The minimum atomic E-state index is -0.593. The van der Waals surface area contributed by atoms with Gasteiger partial charge in [0.2, 0.25) is 6.79 Å². The van der Waals surface area contributed by atoms with E-state index in [1.165, 1.54) is 5.57 Å². The summed E-state index contributed by atoms with van der Waals surface area (Å²) in [6.07, 6.45) is 8.48. The van der Waals surface area contributed by atoms with Crippen molar-refractivity contribution in [1.82, 2.24) is 0 Å². The maximum Gasteiger partial charge on any atom is 0.314 e. The van der Waals surface area contributed by atoms with Crippen molar-refractivity contribution in [3.63, 3.8) is 0 Å². The van der Waals surface area contributed by atoms with Crippen LogP contribution in [-0.2, 0) is 16.0 Å². The first-order chi connectivity index (χ1) is 14.5. The predicted molar refractivity (Wildman–Crippen MR) is 126 cm³/mol. The van der Waals surface area contributed by atoms with Crippen molar-refractivity contribution in [3.8, 4) is 11.5 Å². The molecule has 0 saturated heterocycles. The van der Waals surface area contributed by atoms with Gasteiger partial charge in [-0.25, -0.2) is 0 Å². The number of carbonyl (C=O) groups is 1.